The van der Waals surface area contributed by atoms with Crippen LogP contribution in [0.5, 0.6) is 0 Å². The van der Waals surface area contributed by atoms with Gasteiger partial charge in [0.15, 0.2) is 0 Å². The summed E-state index contributed by atoms with van der Waals surface area (Å²) in [5.41, 5.74) is 0.138. The molecule has 0 amide bonds. The highest BCUT2D eigenvalue weighted by molar-refractivity contribution is 4.94. The van der Waals surface area contributed by atoms with Gasteiger partial charge in [0.2, 0.25) is 0 Å². The zero-order chi connectivity index (χ0) is 12.2. The van der Waals surface area contributed by atoms with E-state index in [2.05, 4.69) is 39.9 Å². The Balaban J connectivity index is 2.26. The van der Waals surface area contributed by atoms with Crippen molar-refractivity contribution >= 4 is 0 Å². The molecule has 2 nitrogen and oxygen atoms in total. The fourth-order valence-electron chi connectivity index (χ4n) is 2.90. The smallest absolute Gasteiger partial charge is 0.0662 e. The first-order valence-electron chi connectivity index (χ1n) is 6.78. The summed E-state index contributed by atoms with van der Waals surface area (Å²) < 4.78 is 6.11. The maximum absolute atomic E-state index is 6.11. The van der Waals surface area contributed by atoms with Crippen LogP contribution in [0.3, 0.4) is 0 Å². The standard InChI is InChI=1S/C14H29NO/c1-6-9-15-10-7-8-12-11-13(2,3)16-14(12,4)5/h12,15H,6-11H2,1-5H3. The second-order valence-electron chi connectivity index (χ2n) is 6.26. The largest absolute Gasteiger partial charge is 0.369 e. The van der Waals surface area contributed by atoms with Crippen LogP contribution in [-0.2, 0) is 4.74 Å². The summed E-state index contributed by atoms with van der Waals surface area (Å²) >= 11 is 0. The number of hydrogen-bond donors (Lipinski definition) is 1. The van der Waals surface area contributed by atoms with Crippen molar-refractivity contribution in [2.75, 3.05) is 13.1 Å². The summed E-state index contributed by atoms with van der Waals surface area (Å²) in [5, 5.41) is 3.47. The highest BCUT2D eigenvalue weighted by Crippen LogP contribution is 2.43. The molecular weight excluding hydrogens is 198 g/mol. The molecule has 1 saturated heterocycles. The molecule has 1 N–H and O–H groups in total. The van der Waals surface area contributed by atoms with E-state index in [1.54, 1.807) is 0 Å². The van der Waals surface area contributed by atoms with Crippen molar-refractivity contribution in [3.05, 3.63) is 0 Å². The first-order valence-corrected chi connectivity index (χ1v) is 6.78. The average Bonchev–Trinajstić information content (AvgIpc) is 2.34. The lowest BCUT2D eigenvalue weighted by Crippen LogP contribution is -2.30. The van der Waals surface area contributed by atoms with Crippen LogP contribution in [0, 0.1) is 5.92 Å². The van der Waals surface area contributed by atoms with E-state index in [9.17, 15) is 0 Å². The number of nitrogens with one attached hydrogen (secondary N) is 1. The lowest BCUT2D eigenvalue weighted by molar-refractivity contribution is -0.0752. The summed E-state index contributed by atoms with van der Waals surface area (Å²) in [7, 11) is 0. The third kappa shape index (κ3) is 4.06. The maximum Gasteiger partial charge on any atom is 0.0662 e. The molecule has 1 rings (SSSR count). The predicted octanol–water partition coefficient (Wildman–Crippen LogP) is 3.36. The van der Waals surface area contributed by atoms with E-state index in [1.165, 1.54) is 25.7 Å². The van der Waals surface area contributed by atoms with Crippen molar-refractivity contribution in [2.45, 2.75) is 71.5 Å². The molecule has 1 aliphatic heterocycles. The normalized spacial score (nSPS) is 27.2. The van der Waals surface area contributed by atoms with Gasteiger partial charge in [-0.25, -0.2) is 0 Å². The SMILES string of the molecule is CCCNCCCC1CC(C)(C)OC1(C)C. The third-order valence-electron chi connectivity index (χ3n) is 3.59. The topological polar surface area (TPSA) is 21.3 Å². The van der Waals surface area contributed by atoms with Gasteiger partial charge < -0.3 is 10.1 Å². The van der Waals surface area contributed by atoms with Gasteiger partial charge in [0.05, 0.1) is 11.2 Å². The van der Waals surface area contributed by atoms with Gasteiger partial charge in [-0.05, 0) is 72.4 Å². The number of rotatable bonds is 6. The van der Waals surface area contributed by atoms with E-state index >= 15 is 0 Å². The molecule has 0 bridgehead atoms. The van der Waals surface area contributed by atoms with Crippen LogP contribution in [0.15, 0.2) is 0 Å². The molecule has 16 heavy (non-hydrogen) atoms. The fraction of sp³-hybridized carbons (Fsp3) is 1.00. The van der Waals surface area contributed by atoms with Crippen LogP contribution in [0.4, 0.5) is 0 Å². The summed E-state index contributed by atoms with van der Waals surface area (Å²) in [6.45, 7) is 13.4. The van der Waals surface area contributed by atoms with E-state index in [0.29, 0.717) is 5.92 Å². The van der Waals surface area contributed by atoms with E-state index in [1.807, 2.05) is 0 Å². The number of hydrogen-bond acceptors (Lipinski definition) is 2. The van der Waals surface area contributed by atoms with Crippen LogP contribution in [0.25, 0.3) is 0 Å². The molecule has 1 aliphatic rings. The lowest BCUT2D eigenvalue weighted by atomic mass is 9.84. The zero-order valence-electron chi connectivity index (χ0n) is 11.7. The molecule has 1 heterocycles. The maximum atomic E-state index is 6.11. The molecule has 0 spiro atoms. The van der Waals surface area contributed by atoms with Gasteiger partial charge in [0, 0.05) is 0 Å². The molecule has 1 atom stereocenters. The van der Waals surface area contributed by atoms with E-state index in [4.69, 9.17) is 4.74 Å². The van der Waals surface area contributed by atoms with Gasteiger partial charge in [-0.15, -0.1) is 0 Å². The highest BCUT2D eigenvalue weighted by Gasteiger charge is 2.44. The Morgan fingerprint density at radius 3 is 2.38 bits per heavy atom. The monoisotopic (exact) mass is 227 g/mol. The summed E-state index contributed by atoms with van der Waals surface area (Å²) in [4.78, 5) is 0. The Hall–Kier alpha value is -0.0800. The zero-order valence-corrected chi connectivity index (χ0v) is 11.7. The minimum atomic E-state index is 0.0637. The molecule has 1 unspecified atom stereocenters. The van der Waals surface area contributed by atoms with Crippen LogP contribution in [0.2, 0.25) is 0 Å². The van der Waals surface area contributed by atoms with Gasteiger partial charge in [0.1, 0.15) is 0 Å². The van der Waals surface area contributed by atoms with E-state index in [-0.39, 0.29) is 11.2 Å². The highest BCUT2D eigenvalue weighted by atomic mass is 16.5. The van der Waals surface area contributed by atoms with Crippen molar-refractivity contribution in [2.24, 2.45) is 5.92 Å². The molecule has 2 heteroatoms. The first kappa shape index (κ1) is 14.0. The van der Waals surface area contributed by atoms with Crippen LogP contribution in [0.1, 0.15) is 60.3 Å². The molecule has 0 aromatic heterocycles. The van der Waals surface area contributed by atoms with Crippen molar-refractivity contribution < 1.29 is 4.74 Å². The van der Waals surface area contributed by atoms with Crippen LogP contribution >= 0.6 is 0 Å². The predicted molar refractivity (Wildman–Crippen MR) is 69.7 cm³/mol. The summed E-state index contributed by atoms with van der Waals surface area (Å²) in [5.74, 6) is 0.714. The van der Waals surface area contributed by atoms with Gasteiger partial charge in [-0.1, -0.05) is 6.92 Å². The van der Waals surface area contributed by atoms with E-state index < -0.39 is 0 Å². The molecule has 0 aromatic rings. The minimum Gasteiger partial charge on any atom is -0.369 e. The Kier molecular flexibility index (Phi) is 4.81. The Labute approximate surface area is 101 Å². The van der Waals surface area contributed by atoms with Crippen molar-refractivity contribution in [1.82, 2.24) is 5.32 Å². The molecule has 0 aromatic carbocycles. The third-order valence-corrected chi connectivity index (χ3v) is 3.59. The van der Waals surface area contributed by atoms with Gasteiger partial charge in [-0.2, -0.15) is 0 Å². The summed E-state index contributed by atoms with van der Waals surface area (Å²) in [6.07, 6.45) is 4.99. The molecule has 1 fully saturated rings. The molecule has 0 saturated carbocycles. The molecule has 0 aliphatic carbocycles. The molecule has 0 radical (unpaired) electrons. The Morgan fingerprint density at radius 2 is 1.88 bits per heavy atom. The first-order chi connectivity index (χ1) is 7.37. The quantitative estimate of drug-likeness (QED) is 0.703. The Bertz CT molecular complexity index is 211. The van der Waals surface area contributed by atoms with Gasteiger partial charge in [0.25, 0.3) is 0 Å². The summed E-state index contributed by atoms with van der Waals surface area (Å²) in [6, 6.07) is 0. The van der Waals surface area contributed by atoms with Crippen molar-refractivity contribution in [3.8, 4) is 0 Å². The lowest BCUT2D eigenvalue weighted by Gasteiger charge is -2.27. The van der Waals surface area contributed by atoms with Crippen molar-refractivity contribution in [1.29, 1.82) is 0 Å². The van der Waals surface area contributed by atoms with Gasteiger partial charge >= 0.3 is 0 Å². The second kappa shape index (κ2) is 5.50. The fourth-order valence-corrected chi connectivity index (χ4v) is 2.90. The second-order valence-corrected chi connectivity index (χ2v) is 6.26. The van der Waals surface area contributed by atoms with Crippen LogP contribution < -0.4 is 5.32 Å². The number of ether oxygens (including phenoxy) is 1. The van der Waals surface area contributed by atoms with Crippen molar-refractivity contribution in [3.63, 3.8) is 0 Å². The van der Waals surface area contributed by atoms with E-state index in [0.717, 1.165) is 13.1 Å². The average molecular weight is 227 g/mol. The molecular formula is C14H29NO. The van der Waals surface area contributed by atoms with Gasteiger partial charge in [-0.3, -0.25) is 0 Å². The minimum absolute atomic E-state index is 0.0637. The molecule has 96 valence electrons. The Morgan fingerprint density at radius 1 is 1.19 bits per heavy atom. The van der Waals surface area contributed by atoms with Crippen LogP contribution in [-0.4, -0.2) is 24.3 Å².